The zero-order chi connectivity index (χ0) is 13.3. The van der Waals surface area contributed by atoms with Crippen LogP contribution >= 0.6 is 0 Å². The van der Waals surface area contributed by atoms with E-state index < -0.39 is 11.4 Å². The van der Waals surface area contributed by atoms with E-state index in [1.807, 2.05) is 30.3 Å². The van der Waals surface area contributed by atoms with E-state index in [4.69, 9.17) is 0 Å². The summed E-state index contributed by atoms with van der Waals surface area (Å²) in [6.45, 7) is 0. The number of nitrogens with one attached hydrogen (secondary N) is 1. The van der Waals surface area contributed by atoms with Gasteiger partial charge in [0.05, 0.1) is 5.41 Å². The lowest BCUT2D eigenvalue weighted by atomic mass is 9.95. The molecule has 19 heavy (non-hydrogen) atoms. The molecule has 1 aliphatic rings. The Morgan fingerprint density at radius 2 is 1.84 bits per heavy atom. The summed E-state index contributed by atoms with van der Waals surface area (Å²) in [7, 11) is 0. The fraction of sp³-hybridized carbons (Fsp3) is 0.200. The smallest absolute Gasteiger partial charge is 0.236 e. The third-order valence-corrected chi connectivity index (χ3v) is 3.47. The third-order valence-electron chi connectivity index (χ3n) is 3.47. The van der Waals surface area contributed by atoms with E-state index in [1.54, 1.807) is 6.07 Å². The van der Waals surface area contributed by atoms with Crippen LogP contribution in [0, 0.1) is 5.95 Å². The van der Waals surface area contributed by atoms with Crippen molar-refractivity contribution in [2.75, 3.05) is 5.32 Å². The van der Waals surface area contributed by atoms with Gasteiger partial charge in [-0.05, 0) is 30.5 Å². The number of anilines is 1. The van der Waals surface area contributed by atoms with Crippen LogP contribution in [0.25, 0.3) is 0 Å². The highest BCUT2D eigenvalue weighted by Gasteiger charge is 2.51. The Bertz CT molecular complexity index is 609. The van der Waals surface area contributed by atoms with E-state index >= 15 is 0 Å². The molecule has 1 aromatic heterocycles. The van der Waals surface area contributed by atoms with Gasteiger partial charge >= 0.3 is 0 Å². The number of benzene rings is 1. The Hall–Kier alpha value is -2.23. The van der Waals surface area contributed by atoms with Gasteiger partial charge in [0.1, 0.15) is 5.82 Å². The first-order valence-electron chi connectivity index (χ1n) is 6.20. The maximum Gasteiger partial charge on any atom is 0.236 e. The van der Waals surface area contributed by atoms with Crippen molar-refractivity contribution in [3.63, 3.8) is 0 Å². The molecular formula is C15H13FN2O. The maximum atomic E-state index is 13.0. The molecule has 3 nitrogen and oxygen atoms in total. The molecule has 1 fully saturated rings. The molecule has 0 bridgehead atoms. The number of nitrogens with zero attached hydrogens (tertiary/aromatic N) is 1. The number of aromatic nitrogens is 1. The van der Waals surface area contributed by atoms with Crippen molar-refractivity contribution in [2.45, 2.75) is 18.3 Å². The van der Waals surface area contributed by atoms with Crippen LogP contribution in [0.2, 0.25) is 0 Å². The molecule has 0 spiro atoms. The number of hydrogen-bond acceptors (Lipinski definition) is 2. The summed E-state index contributed by atoms with van der Waals surface area (Å²) in [4.78, 5) is 16.0. The summed E-state index contributed by atoms with van der Waals surface area (Å²) in [5, 5.41) is 2.69. The van der Waals surface area contributed by atoms with Crippen LogP contribution in [-0.4, -0.2) is 10.9 Å². The third kappa shape index (κ3) is 2.21. The normalized spacial score (nSPS) is 15.8. The highest BCUT2D eigenvalue weighted by atomic mass is 19.1. The summed E-state index contributed by atoms with van der Waals surface area (Å²) in [6, 6.07) is 14.0. The van der Waals surface area contributed by atoms with E-state index in [1.165, 1.54) is 12.1 Å². The van der Waals surface area contributed by atoms with E-state index in [0.29, 0.717) is 0 Å². The Labute approximate surface area is 110 Å². The number of amides is 1. The molecule has 1 aromatic carbocycles. The number of carbonyl (C=O) groups excluding carboxylic acids is 1. The Balaban J connectivity index is 1.82. The predicted octanol–water partition coefficient (Wildman–Crippen LogP) is 2.89. The molecule has 3 rings (SSSR count). The molecule has 0 saturated heterocycles. The van der Waals surface area contributed by atoms with Crippen molar-refractivity contribution in [2.24, 2.45) is 0 Å². The molecule has 1 aliphatic carbocycles. The quantitative estimate of drug-likeness (QED) is 0.858. The molecule has 1 saturated carbocycles. The molecule has 96 valence electrons. The average molecular weight is 256 g/mol. The van der Waals surface area contributed by atoms with Crippen molar-refractivity contribution >= 4 is 11.7 Å². The lowest BCUT2D eigenvalue weighted by molar-refractivity contribution is -0.118. The number of rotatable bonds is 3. The average Bonchev–Trinajstić information content (AvgIpc) is 3.21. The van der Waals surface area contributed by atoms with Gasteiger partial charge in [-0.3, -0.25) is 4.79 Å². The van der Waals surface area contributed by atoms with Crippen LogP contribution in [0.15, 0.2) is 48.5 Å². The second-order valence-corrected chi connectivity index (χ2v) is 4.75. The van der Waals surface area contributed by atoms with Gasteiger partial charge in [-0.1, -0.05) is 36.4 Å². The molecule has 1 heterocycles. The van der Waals surface area contributed by atoms with Gasteiger partial charge in [0, 0.05) is 0 Å². The summed E-state index contributed by atoms with van der Waals surface area (Å²) in [5.74, 6) is -0.452. The highest BCUT2D eigenvalue weighted by molar-refractivity contribution is 6.00. The van der Waals surface area contributed by atoms with Crippen molar-refractivity contribution in [1.82, 2.24) is 4.98 Å². The monoisotopic (exact) mass is 256 g/mol. The van der Waals surface area contributed by atoms with Gasteiger partial charge in [0.15, 0.2) is 0 Å². The molecule has 0 atom stereocenters. The van der Waals surface area contributed by atoms with Crippen LogP contribution in [0.1, 0.15) is 18.4 Å². The molecule has 4 heteroatoms. The summed E-state index contributed by atoms with van der Waals surface area (Å²) >= 11 is 0. The second kappa shape index (κ2) is 4.46. The fourth-order valence-electron chi connectivity index (χ4n) is 2.24. The highest BCUT2D eigenvalue weighted by Crippen LogP contribution is 2.48. The van der Waals surface area contributed by atoms with Crippen molar-refractivity contribution in [1.29, 1.82) is 0 Å². The van der Waals surface area contributed by atoms with Crippen LogP contribution in [0.3, 0.4) is 0 Å². The summed E-state index contributed by atoms with van der Waals surface area (Å²) in [5.41, 5.74) is 0.541. The minimum atomic E-state index is -0.595. The Kier molecular flexibility index (Phi) is 2.78. The molecular weight excluding hydrogens is 243 g/mol. The van der Waals surface area contributed by atoms with E-state index in [9.17, 15) is 9.18 Å². The zero-order valence-corrected chi connectivity index (χ0v) is 10.3. The Morgan fingerprint density at radius 3 is 2.47 bits per heavy atom. The number of pyridine rings is 1. The first kappa shape index (κ1) is 11.8. The Morgan fingerprint density at radius 1 is 1.11 bits per heavy atom. The minimum Gasteiger partial charge on any atom is -0.310 e. The van der Waals surface area contributed by atoms with E-state index in [0.717, 1.165) is 18.4 Å². The molecule has 0 radical (unpaired) electrons. The van der Waals surface area contributed by atoms with Crippen LogP contribution < -0.4 is 5.32 Å². The molecule has 0 unspecified atom stereocenters. The van der Waals surface area contributed by atoms with E-state index in [2.05, 4.69) is 10.3 Å². The van der Waals surface area contributed by atoms with Gasteiger partial charge in [-0.2, -0.15) is 4.39 Å². The molecule has 0 aliphatic heterocycles. The van der Waals surface area contributed by atoms with Gasteiger partial charge in [0.25, 0.3) is 0 Å². The minimum absolute atomic E-state index is 0.114. The largest absolute Gasteiger partial charge is 0.310 e. The van der Waals surface area contributed by atoms with Gasteiger partial charge in [0.2, 0.25) is 11.9 Å². The van der Waals surface area contributed by atoms with Gasteiger partial charge in [-0.15, -0.1) is 0 Å². The standard InChI is InChI=1S/C15H13FN2O/c16-12-7-4-8-13(17-12)18-14(19)15(9-10-15)11-5-2-1-3-6-11/h1-8H,9-10H2,(H,17,18,19). The van der Waals surface area contributed by atoms with Crippen molar-refractivity contribution in [3.8, 4) is 0 Å². The summed E-state index contributed by atoms with van der Waals surface area (Å²) in [6.07, 6.45) is 1.64. The maximum absolute atomic E-state index is 13.0. The second-order valence-electron chi connectivity index (χ2n) is 4.75. The molecule has 1 N–H and O–H groups in total. The van der Waals surface area contributed by atoms with Crippen LogP contribution in [0.5, 0.6) is 0 Å². The zero-order valence-electron chi connectivity index (χ0n) is 10.3. The molecule has 1 amide bonds. The van der Waals surface area contributed by atoms with Crippen LogP contribution in [-0.2, 0) is 10.2 Å². The fourth-order valence-corrected chi connectivity index (χ4v) is 2.24. The van der Waals surface area contributed by atoms with Gasteiger partial charge < -0.3 is 5.32 Å². The topological polar surface area (TPSA) is 42.0 Å². The number of halogens is 1. The first-order chi connectivity index (χ1) is 9.21. The summed E-state index contributed by atoms with van der Waals surface area (Å²) < 4.78 is 13.0. The lowest BCUT2D eigenvalue weighted by Gasteiger charge is -2.15. The van der Waals surface area contributed by atoms with Crippen molar-refractivity contribution < 1.29 is 9.18 Å². The van der Waals surface area contributed by atoms with E-state index in [-0.39, 0.29) is 11.7 Å². The predicted molar refractivity (Wildman–Crippen MR) is 70.2 cm³/mol. The number of carbonyl (C=O) groups is 1. The van der Waals surface area contributed by atoms with Crippen LogP contribution in [0.4, 0.5) is 10.2 Å². The van der Waals surface area contributed by atoms with Crippen molar-refractivity contribution in [3.05, 3.63) is 60.0 Å². The first-order valence-corrected chi connectivity index (χ1v) is 6.20. The lowest BCUT2D eigenvalue weighted by Crippen LogP contribution is -2.28. The molecule has 2 aromatic rings. The van der Waals surface area contributed by atoms with Gasteiger partial charge in [-0.25, -0.2) is 4.98 Å². The SMILES string of the molecule is O=C(Nc1cccc(F)n1)C1(c2ccccc2)CC1. The number of hydrogen-bond donors (Lipinski definition) is 1.